The Morgan fingerprint density at radius 1 is 1.25 bits per heavy atom. The molecule has 0 radical (unpaired) electrons. The van der Waals surface area contributed by atoms with Gasteiger partial charge in [-0.25, -0.2) is 0 Å². The first-order valence-corrected chi connectivity index (χ1v) is 9.07. The number of phenols is 1. The van der Waals surface area contributed by atoms with Gasteiger partial charge in [0.1, 0.15) is 23.6 Å². The van der Waals surface area contributed by atoms with Gasteiger partial charge in [-0.05, 0) is 55.2 Å². The predicted molar refractivity (Wildman–Crippen MR) is 90.8 cm³/mol. The van der Waals surface area contributed by atoms with E-state index in [-0.39, 0.29) is 18.2 Å². The molecule has 2 fully saturated rings. The van der Waals surface area contributed by atoms with Gasteiger partial charge >= 0.3 is 5.97 Å². The summed E-state index contributed by atoms with van der Waals surface area (Å²) in [6.07, 6.45) is 6.88. The maximum absolute atomic E-state index is 12.1. The van der Waals surface area contributed by atoms with Crippen LogP contribution in [-0.4, -0.2) is 22.5 Å². The van der Waals surface area contributed by atoms with E-state index in [4.69, 9.17) is 4.74 Å². The SMILES string of the molecule is CCc1cc(CCC2(C3CCCC3)CC(=O)CC(=O)O2)ccc1O. The van der Waals surface area contributed by atoms with E-state index in [9.17, 15) is 14.7 Å². The van der Waals surface area contributed by atoms with E-state index in [1.807, 2.05) is 19.1 Å². The highest BCUT2D eigenvalue weighted by molar-refractivity contribution is 5.98. The number of rotatable bonds is 5. The minimum absolute atomic E-state index is 0.0121. The van der Waals surface area contributed by atoms with Crippen LogP contribution < -0.4 is 0 Å². The summed E-state index contributed by atoms with van der Waals surface area (Å²) in [6.45, 7) is 2.01. The van der Waals surface area contributed by atoms with Crippen molar-refractivity contribution in [2.45, 2.75) is 70.3 Å². The van der Waals surface area contributed by atoms with Crippen molar-refractivity contribution in [2.24, 2.45) is 5.92 Å². The number of carbonyl (C=O) groups is 2. The van der Waals surface area contributed by atoms with Crippen LogP contribution in [0.4, 0.5) is 0 Å². The maximum atomic E-state index is 12.1. The molecule has 1 saturated heterocycles. The second-order valence-corrected chi connectivity index (χ2v) is 7.23. The standard InChI is InChI=1S/C20H26O4/c1-2-15-11-14(7-8-18(15)22)9-10-20(16-5-3-4-6-16)13-17(21)12-19(23)24-20/h7-8,11,16,22H,2-6,9-10,12-13H2,1H3. The van der Waals surface area contributed by atoms with Gasteiger partial charge in [-0.15, -0.1) is 0 Å². The van der Waals surface area contributed by atoms with E-state index >= 15 is 0 Å². The second kappa shape index (κ2) is 6.96. The van der Waals surface area contributed by atoms with E-state index < -0.39 is 5.60 Å². The molecule has 1 aromatic rings. The van der Waals surface area contributed by atoms with Crippen LogP contribution in [-0.2, 0) is 27.2 Å². The lowest BCUT2D eigenvalue weighted by Crippen LogP contribution is -2.48. The number of ether oxygens (including phenoxy) is 1. The molecule has 1 aliphatic carbocycles. The van der Waals surface area contributed by atoms with Gasteiger partial charge in [-0.2, -0.15) is 0 Å². The zero-order valence-electron chi connectivity index (χ0n) is 14.3. The Kier molecular flexibility index (Phi) is 4.93. The average Bonchev–Trinajstić information content (AvgIpc) is 3.08. The van der Waals surface area contributed by atoms with Crippen LogP contribution >= 0.6 is 0 Å². The van der Waals surface area contributed by atoms with Crippen LogP contribution in [0.1, 0.15) is 63.0 Å². The topological polar surface area (TPSA) is 63.6 Å². The average molecular weight is 330 g/mol. The zero-order valence-corrected chi connectivity index (χ0v) is 14.3. The minimum atomic E-state index is -0.618. The van der Waals surface area contributed by atoms with Gasteiger partial charge in [-0.3, -0.25) is 9.59 Å². The van der Waals surface area contributed by atoms with Crippen molar-refractivity contribution in [3.05, 3.63) is 29.3 Å². The number of aromatic hydroxyl groups is 1. The van der Waals surface area contributed by atoms with Crippen molar-refractivity contribution in [3.8, 4) is 5.75 Å². The number of phenolic OH excluding ortho intramolecular Hbond substituents is 1. The summed E-state index contributed by atoms with van der Waals surface area (Å²) in [6, 6.07) is 5.67. The predicted octanol–water partition coefficient (Wildman–Crippen LogP) is 3.72. The third kappa shape index (κ3) is 3.47. The fourth-order valence-electron chi connectivity index (χ4n) is 4.31. The second-order valence-electron chi connectivity index (χ2n) is 7.23. The van der Waals surface area contributed by atoms with Gasteiger partial charge in [-0.1, -0.05) is 31.9 Å². The summed E-state index contributed by atoms with van der Waals surface area (Å²) < 4.78 is 5.82. The summed E-state index contributed by atoms with van der Waals surface area (Å²) in [4.78, 5) is 24.0. The van der Waals surface area contributed by atoms with Crippen molar-refractivity contribution in [2.75, 3.05) is 0 Å². The molecule has 3 rings (SSSR count). The fourth-order valence-corrected chi connectivity index (χ4v) is 4.31. The highest BCUT2D eigenvalue weighted by Gasteiger charge is 2.47. The third-order valence-electron chi connectivity index (χ3n) is 5.62. The van der Waals surface area contributed by atoms with Gasteiger partial charge in [0.25, 0.3) is 0 Å². The molecule has 1 saturated carbocycles. The quantitative estimate of drug-likeness (QED) is 0.660. The van der Waals surface area contributed by atoms with Crippen molar-refractivity contribution >= 4 is 11.8 Å². The minimum Gasteiger partial charge on any atom is -0.508 e. The molecule has 0 aromatic heterocycles. The maximum Gasteiger partial charge on any atom is 0.313 e. The van der Waals surface area contributed by atoms with E-state index in [2.05, 4.69) is 0 Å². The van der Waals surface area contributed by atoms with Gasteiger partial charge in [0.15, 0.2) is 0 Å². The molecule has 1 atom stereocenters. The Bertz CT molecular complexity index is 613. The number of esters is 1. The van der Waals surface area contributed by atoms with Crippen LogP contribution in [0, 0.1) is 5.92 Å². The highest BCUT2D eigenvalue weighted by Crippen LogP contribution is 2.44. The Balaban J connectivity index is 1.79. The lowest BCUT2D eigenvalue weighted by Gasteiger charge is -2.41. The molecule has 4 heteroatoms. The summed E-state index contributed by atoms with van der Waals surface area (Å²) in [7, 11) is 0. The van der Waals surface area contributed by atoms with Crippen molar-refractivity contribution in [1.82, 2.24) is 0 Å². The number of hydrogen-bond donors (Lipinski definition) is 1. The molecule has 130 valence electrons. The Labute approximate surface area is 143 Å². The molecule has 1 unspecified atom stereocenters. The molecule has 1 aromatic carbocycles. The first kappa shape index (κ1) is 17.0. The molecule has 1 aliphatic heterocycles. The molecular weight excluding hydrogens is 304 g/mol. The normalized spacial score (nSPS) is 25.0. The van der Waals surface area contributed by atoms with E-state index in [1.54, 1.807) is 6.07 Å². The lowest BCUT2D eigenvalue weighted by molar-refractivity contribution is -0.178. The Morgan fingerprint density at radius 3 is 2.67 bits per heavy atom. The molecule has 4 nitrogen and oxygen atoms in total. The van der Waals surface area contributed by atoms with Crippen LogP contribution in [0.15, 0.2) is 18.2 Å². The van der Waals surface area contributed by atoms with Gasteiger partial charge in [0.05, 0.1) is 0 Å². The highest BCUT2D eigenvalue weighted by atomic mass is 16.6. The lowest BCUT2D eigenvalue weighted by atomic mass is 9.76. The fraction of sp³-hybridized carbons (Fsp3) is 0.600. The largest absolute Gasteiger partial charge is 0.508 e. The molecular formula is C20H26O4. The number of aryl methyl sites for hydroxylation is 2. The van der Waals surface area contributed by atoms with Crippen LogP contribution in [0.25, 0.3) is 0 Å². The van der Waals surface area contributed by atoms with Gasteiger partial charge in [0, 0.05) is 6.42 Å². The number of hydrogen-bond acceptors (Lipinski definition) is 4. The summed E-state index contributed by atoms with van der Waals surface area (Å²) in [5, 5.41) is 9.83. The molecule has 0 bridgehead atoms. The van der Waals surface area contributed by atoms with E-state index in [0.717, 1.165) is 49.7 Å². The molecule has 0 amide bonds. The first-order chi connectivity index (χ1) is 11.5. The molecule has 1 heterocycles. The van der Waals surface area contributed by atoms with Crippen molar-refractivity contribution < 1.29 is 19.4 Å². The number of Topliss-reactive ketones (excluding diaryl/α,β-unsaturated/α-hetero) is 1. The van der Waals surface area contributed by atoms with E-state index in [1.165, 1.54) is 0 Å². The van der Waals surface area contributed by atoms with Crippen molar-refractivity contribution in [1.29, 1.82) is 0 Å². The number of carbonyl (C=O) groups excluding carboxylic acids is 2. The van der Waals surface area contributed by atoms with Gasteiger partial charge in [0.2, 0.25) is 0 Å². The van der Waals surface area contributed by atoms with Crippen LogP contribution in [0.3, 0.4) is 0 Å². The molecule has 1 N–H and O–H groups in total. The molecule has 2 aliphatic rings. The van der Waals surface area contributed by atoms with Gasteiger partial charge < -0.3 is 9.84 Å². The van der Waals surface area contributed by atoms with E-state index in [0.29, 0.717) is 24.5 Å². The number of benzene rings is 1. The Morgan fingerprint density at radius 2 is 2.00 bits per heavy atom. The summed E-state index contributed by atoms with van der Waals surface area (Å²) in [5.41, 5.74) is 1.43. The summed E-state index contributed by atoms with van der Waals surface area (Å²) in [5.74, 6) is 0.274. The van der Waals surface area contributed by atoms with Crippen LogP contribution in [0.5, 0.6) is 5.75 Å². The van der Waals surface area contributed by atoms with Crippen LogP contribution in [0.2, 0.25) is 0 Å². The zero-order chi connectivity index (χ0) is 17.2. The number of ketones is 1. The molecule has 24 heavy (non-hydrogen) atoms. The first-order valence-electron chi connectivity index (χ1n) is 9.07. The smallest absolute Gasteiger partial charge is 0.313 e. The monoisotopic (exact) mass is 330 g/mol. The third-order valence-corrected chi connectivity index (χ3v) is 5.62. The number of cyclic esters (lactones) is 1. The Hall–Kier alpha value is -1.84. The summed E-state index contributed by atoms with van der Waals surface area (Å²) >= 11 is 0. The molecule has 0 spiro atoms. The van der Waals surface area contributed by atoms with Crippen molar-refractivity contribution in [3.63, 3.8) is 0 Å².